The van der Waals surface area contributed by atoms with Gasteiger partial charge in [0.25, 0.3) is 5.91 Å². The number of nitrogens with one attached hydrogen (secondary N) is 2. The third-order valence-corrected chi connectivity index (χ3v) is 5.82. The maximum atomic E-state index is 12.6. The van der Waals surface area contributed by atoms with Crippen molar-refractivity contribution in [2.24, 2.45) is 11.0 Å². The first kappa shape index (κ1) is 23.4. The quantitative estimate of drug-likeness (QED) is 0.467. The summed E-state index contributed by atoms with van der Waals surface area (Å²) < 4.78 is 38.1. The van der Waals surface area contributed by atoms with E-state index in [2.05, 4.69) is 15.2 Å². The third-order valence-electron chi connectivity index (χ3n) is 4.36. The highest BCUT2D eigenvalue weighted by molar-refractivity contribution is 7.89. The Morgan fingerprint density at radius 1 is 1.03 bits per heavy atom. The standard InChI is InChI=1S/C21H27N3O5S/c1-14(2)20(24-30(26,27)17-9-6-15(3)7-10-17)21(25)23-22-13-16-8-11-18(28-4)19(12-16)29-5/h6-14,20,24H,1-5H3,(H,23,25)/b22-13-/t20-/m1/s1. The fourth-order valence-electron chi connectivity index (χ4n) is 2.62. The zero-order chi connectivity index (χ0) is 22.3. The van der Waals surface area contributed by atoms with Crippen molar-refractivity contribution in [3.8, 4) is 11.5 Å². The van der Waals surface area contributed by atoms with E-state index in [0.29, 0.717) is 17.1 Å². The molecule has 30 heavy (non-hydrogen) atoms. The van der Waals surface area contributed by atoms with Crippen LogP contribution in [0.25, 0.3) is 0 Å². The number of hydrogen-bond donors (Lipinski definition) is 2. The lowest BCUT2D eigenvalue weighted by Gasteiger charge is -2.20. The van der Waals surface area contributed by atoms with E-state index in [-0.39, 0.29) is 10.8 Å². The van der Waals surface area contributed by atoms with Gasteiger partial charge in [-0.05, 0) is 48.7 Å². The molecular formula is C21H27N3O5S. The highest BCUT2D eigenvalue weighted by Gasteiger charge is 2.28. The molecule has 1 atom stereocenters. The first-order valence-corrected chi connectivity index (χ1v) is 10.8. The Hall–Kier alpha value is -2.91. The van der Waals surface area contributed by atoms with Gasteiger partial charge in [0, 0.05) is 0 Å². The van der Waals surface area contributed by atoms with Crippen LogP contribution in [0.5, 0.6) is 11.5 Å². The molecule has 162 valence electrons. The average molecular weight is 434 g/mol. The molecular weight excluding hydrogens is 406 g/mol. The molecule has 0 aliphatic rings. The highest BCUT2D eigenvalue weighted by Crippen LogP contribution is 2.26. The van der Waals surface area contributed by atoms with Gasteiger partial charge < -0.3 is 9.47 Å². The second kappa shape index (κ2) is 10.2. The van der Waals surface area contributed by atoms with E-state index in [9.17, 15) is 13.2 Å². The van der Waals surface area contributed by atoms with E-state index in [1.54, 1.807) is 44.2 Å². The molecule has 0 radical (unpaired) electrons. The number of hydrogen-bond acceptors (Lipinski definition) is 6. The molecule has 0 saturated carbocycles. The summed E-state index contributed by atoms with van der Waals surface area (Å²) in [5.41, 5.74) is 4.01. The number of hydrazone groups is 1. The molecule has 2 aromatic carbocycles. The highest BCUT2D eigenvalue weighted by atomic mass is 32.2. The number of methoxy groups -OCH3 is 2. The summed E-state index contributed by atoms with van der Waals surface area (Å²) in [7, 11) is -0.794. The SMILES string of the molecule is COc1ccc(/C=N\NC(=O)[C@H](NS(=O)(=O)c2ccc(C)cc2)C(C)C)cc1OC. The van der Waals surface area contributed by atoms with Gasteiger partial charge in [-0.1, -0.05) is 31.5 Å². The van der Waals surface area contributed by atoms with Crippen LogP contribution in [-0.4, -0.2) is 40.8 Å². The van der Waals surface area contributed by atoms with Crippen LogP contribution in [0.15, 0.2) is 52.5 Å². The molecule has 0 unspecified atom stereocenters. The predicted molar refractivity (Wildman–Crippen MR) is 115 cm³/mol. The topological polar surface area (TPSA) is 106 Å². The van der Waals surface area contributed by atoms with Gasteiger partial charge in [-0.3, -0.25) is 4.79 Å². The molecule has 2 rings (SSSR count). The smallest absolute Gasteiger partial charge is 0.258 e. The Morgan fingerprint density at radius 2 is 1.67 bits per heavy atom. The summed E-state index contributed by atoms with van der Waals surface area (Å²) in [6.45, 7) is 5.37. The van der Waals surface area contributed by atoms with E-state index in [0.717, 1.165) is 5.56 Å². The molecule has 1 amide bonds. The van der Waals surface area contributed by atoms with E-state index in [1.165, 1.54) is 32.6 Å². The first-order chi connectivity index (χ1) is 14.2. The number of carbonyl (C=O) groups is 1. The van der Waals surface area contributed by atoms with E-state index in [1.807, 2.05) is 6.92 Å². The first-order valence-electron chi connectivity index (χ1n) is 9.32. The van der Waals surface area contributed by atoms with E-state index < -0.39 is 22.0 Å². The number of sulfonamides is 1. The zero-order valence-electron chi connectivity index (χ0n) is 17.7. The molecule has 0 fully saturated rings. The number of amides is 1. The molecule has 2 aromatic rings. The maximum absolute atomic E-state index is 12.6. The van der Waals surface area contributed by atoms with Crippen LogP contribution >= 0.6 is 0 Å². The number of rotatable bonds is 9. The molecule has 0 spiro atoms. The summed E-state index contributed by atoms with van der Waals surface area (Å²) in [5, 5.41) is 3.93. The van der Waals surface area contributed by atoms with Crippen LogP contribution in [0.1, 0.15) is 25.0 Å². The molecule has 9 heteroatoms. The van der Waals surface area contributed by atoms with E-state index in [4.69, 9.17) is 9.47 Å². The van der Waals surface area contributed by atoms with E-state index >= 15 is 0 Å². The van der Waals surface area contributed by atoms with Crippen molar-refractivity contribution in [1.29, 1.82) is 0 Å². The third kappa shape index (κ3) is 6.04. The van der Waals surface area contributed by atoms with Crippen molar-refractivity contribution in [1.82, 2.24) is 10.1 Å². The summed E-state index contributed by atoms with van der Waals surface area (Å²) in [6.07, 6.45) is 1.44. The monoisotopic (exact) mass is 433 g/mol. The Morgan fingerprint density at radius 3 is 2.23 bits per heavy atom. The van der Waals surface area contributed by atoms with Crippen LogP contribution in [0.4, 0.5) is 0 Å². The van der Waals surface area contributed by atoms with Crippen LogP contribution in [0.2, 0.25) is 0 Å². The van der Waals surface area contributed by atoms with Gasteiger partial charge in [-0.2, -0.15) is 9.82 Å². The van der Waals surface area contributed by atoms with Gasteiger partial charge in [0.15, 0.2) is 11.5 Å². The molecule has 0 aliphatic heterocycles. The fraction of sp³-hybridized carbons (Fsp3) is 0.333. The van der Waals surface area contributed by atoms with Crippen LogP contribution in [0, 0.1) is 12.8 Å². The minimum atomic E-state index is -3.85. The molecule has 0 aliphatic carbocycles. The van der Waals surface area contributed by atoms with Crippen molar-refractivity contribution >= 4 is 22.1 Å². The van der Waals surface area contributed by atoms with Crippen molar-refractivity contribution in [3.63, 3.8) is 0 Å². The van der Waals surface area contributed by atoms with Crippen molar-refractivity contribution in [2.45, 2.75) is 31.7 Å². The summed E-state index contributed by atoms with van der Waals surface area (Å²) in [4.78, 5) is 12.7. The molecule has 0 aromatic heterocycles. The summed E-state index contributed by atoms with van der Waals surface area (Å²) in [5.74, 6) is 0.252. The number of ether oxygens (including phenoxy) is 2. The van der Waals surface area contributed by atoms with Gasteiger partial charge in [0.05, 0.1) is 25.3 Å². The molecule has 0 saturated heterocycles. The molecule has 2 N–H and O–H groups in total. The Bertz CT molecular complexity index is 1000. The molecule has 0 bridgehead atoms. The number of carbonyl (C=O) groups excluding carboxylic acids is 1. The lowest BCUT2D eigenvalue weighted by atomic mass is 10.1. The maximum Gasteiger partial charge on any atom is 0.258 e. The molecule has 0 heterocycles. The van der Waals surface area contributed by atoms with Gasteiger partial charge in [0.1, 0.15) is 6.04 Å². The summed E-state index contributed by atoms with van der Waals surface area (Å²) >= 11 is 0. The largest absolute Gasteiger partial charge is 0.493 e. The minimum absolute atomic E-state index is 0.0976. The fourth-order valence-corrected chi connectivity index (χ4v) is 3.96. The average Bonchev–Trinajstić information content (AvgIpc) is 2.71. The lowest BCUT2D eigenvalue weighted by Crippen LogP contribution is -2.48. The van der Waals surface area contributed by atoms with Gasteiger partial charge in [-0.15, -0.1) is 0 Å². The van der Waals surface area contributed by atoms with Crippen LogP contribution in [-0.2, 0) is 14.8 Å². The van der Waals surface area contributed by atoms with Crippen molar-refractivity contribution in [3.05, 3.63) is 53.6 Å². The van der Waals surface area contributed by atoms with Crippen LogP contribution in [0.3, 0.4) is 0 Å². The van der Waals surface area contributed by atoms with Crippen molar-refractivity contribution < 1.29 is 22.7 Å². The number of benzene rings is 2. The van der Waals surface area contributed by atoms with Gasteiger partial charge in [0.2, 0.25) is 10.0 Å². The zero-order valence-corrected chi connectivity index (χ0v) is 18.5. The van der Waals surface area contributed by atoms with Crippen LogP contribution < -0.4 is 19.6 Å². The second-order valence-corrected chi connectivity index (χ2v) is 8.72. The predicted octanol–water partition coefficient (Wildman–Crippen LogP) is 2.47. The minimum Gasteiger partial charge on any atom is -0.493 e. The van der Waals surface area contributed by atoms with Gasteiger partial charge in [-0.25, -0.2) is 13.8 Å². The Labute approximate surface area is 177 Å². The summed E-state index contributed by atoms with van der Waals surface area (Å²) in [6, 6.07) is 10.6. The molecule has 8 nitrogen and oxygen atoms in total. The second-order valence-electron chi connectivity index (χ2n) is 7.00. The Kier molecular flexibility index (Phi) is 7.96. The number of nitrogens with zero attached hydrogens (tertiary/aromatic N) is 1. The normalized spacial score (nSPS) is 12.7. The van der Waals surface area contributed by atoms with Gasteiger partial charge >= 0.3 is 0 Å². The number of aryl methyl sites for hydroxylation is 1. The van der Waals surface area contributed by atoms with Crippen molar-refractivity contribution in [2.75, 3.05) is 14.2 Å². The lowest BCUT2D eigenvalue weighted by molar-refractivity contribution is -0.123. The Balaban J connectivity index is 2.10.